The van der Waals surface area contributed by atoms with Crippen molar-refractivity contribution in [1.29, 1.82) is 5.26 Å². The van der Waals surface area contributed by atoms with E-state index in [0.29, 0.717) is 11.3 Å². The number of alkyl halides is 3. The fourth-order valence-corrected chi connectivity index (χ4v) is 1.49. The van der Waals surface area contributed by atoms with E-state index in [9.17, 15) is 13.2 Å². The van der Waals surface area contributed by atoms with E-state index in [1.807, 2.05) is 0 Å². The summed E-state index contributed by atoms with van der Waals surface area (Å²) in [5.41, 5.74) is -1.18. The molecule has 76 valence electrons. The van der Waals surface area contributed by atoms with Crippen molar-refractivity contribution in [2.75, 3.05) is 12.1 Å². The Labute approximate surface area is 81.3 Å². The highest BCUT2D eigenvalue weighted by Crippen LogP contribution is 2.35. The van der Waals surface area contributed by atoms with Crippen LogP contribution in [-0.4, -0.2) is 12.0 Å². The summed E-state index contributed by atoms with van der Waals surface area (Å²) in [5.74, 6) is 5.20. The summed E-state index contributed by atoms with van der Waals surface area (Å²) in [4.78, 5) is 2.74. The summed E-state index contributed by atoms with van der Waals surface area (Å²) in [7, 11) is 1.35. The molecule has 0 aliphatic carbocycles. The molecule has 0 unspecified atom stereocenters. The number of anilines is 1. The van der Waals surface area contributed by atoms with Crippen molar-refractivity contribution in [3.63, 3.8) is 0 Å². The molecule has 0 radical (unpaired) electrons. The van der Waals surface area contributed by atoms with E-state index < -0.39 is 16.7 Å². The van der Waals surface area contributed by atoms with Gasteiger partial charge in [0.25, 0.3) is 0 Å². The molecule has 0 amide bonds. The van der Waals surface area contributed by atoms with Gasteiger partial charge in [0.15, 0.2) is 5.69 Å². The summed E-state index contributed by atoms with van der Waals surface area (Å²) in [6.07, 6.45) is -4.62. The molecule has 1 heterocycles. The Kier molecular flexibility index (Phi) is 2.64. The van der Waals surface area contributed by atoms with Crippen molar-refractivity contribution in [1.82, 2.24) is 4.98 Å². The molecule has 0 saturated heterocycles. The number of halogens is 3. The van der Waals surface area contributed by atoms with Crippen LogP contribution in [0.25, 0.3) is 0 Å². The molecule has 0 aliphatic rings. The van der Waals surface area contributed by atoms with E-state index in [0.717, 1.165) is 5.01 Å². The number of nitrogens with two attached hydrogens (primary N) is 1. The molecule has 1 aromatic rings. The normalized spacial score (nSPS) is 11.1. The average molecular weight is 222 g/mol. The molecule has 0 saturated carbocycles. The van der Waals surface area contributed by atoms with Crippen LogP contribution in [0.4, 0.5) is 18.3 Å². The maximum atomic E-state index is 12.2. The van der Waals surface area contributed by atoms with Crippen molar-refractivity contribution in [2.24, 2.45) is 5.84 Å². The third kappa shape index (κ3) is 1.94. The first kappa shape index (κ1) is 10.7. The summed E-state index contributed by atoms with van der Waals surface area (Å²) < 4.78 is 36.7. The van der Waals surface area contributed by atoms with Gasteiger partial charge < -0.3 is 0 Å². The van der Waals surface area contributed by atoms with E-state index >= 15 is 0 Å². The number of hydrogen-bond donors (Lipinski definition) is 1. The van der Waals surface area contributed by atoms with Crippen LogP contribution in [0.3, 0.4) is 0 Å². The number of aromatic nitrogens is 1. The molecule has 0 bridgehead atoms. The lowest BCUT2D eigenvalue weighted by Crippen LogP contribution is -2.25. The minimum absolute atomic E-state index is 0.0473. The van der Waals surface area contributed by atoms with Crippen LogP contribution in [0, 0.1) is 11.3 Å². The van der Waals surface area contributed by atoms with Crippen LogP contribution in [0.2, 0.25) is 0 Å². The summed E-state index contributed by atoms with van der Waals surface area (Å²) >= 11 is 0.603. The Morgan fingerprint density at radius 3 is 2.43 bits per heavy atom. The van der Waals surface area contributed by atoms with Crippen LogP contribution >= 0.6 is 11.3 Å². The molecule has 4 nitrogen and oxygen atoms in total. The van der Waals surface area contributed by atoms with Gasteiger partial charge in [-0.2, -0.15) is 18.4 Å². The molecule has 0 aromatic carbocycles. The first-order valence-corrected chi connectivity index (χ1v) is 4.14. The fourth-order valence-electron chi connectivity index (χ4n) is 0.728. The Bertz CT molecular complexity index is 375. The third-order valence-electron chi connectivity index (χ3n) is 1.29. The minimum atomic E-state index is -4.62. The van der Waals surface area contributed by atoms with E-state index in [4.69, 9.17) is 11.1 Å². The standard InChI is InChI=1S/C6H5F3N4S/c1-13(11)5-12-4(6(7,8)9)3(2-10)14-5/h11H2,1H3. The molecule has 1 rings (SSSR count). The Balaban J connectivity index is 3.24. The lowest BCUT2D eigenvalue weighted by molar-refractivity contribution is -0.140. The van der Waals surface area contributed by atoms with Gasteiger partial charge in [0, 0.05) is 7.05 Å². The maximum Gasteiger partial charge on any atom is 0.435 e. The van der Waals surface area contributed by atoms with E-state index in [-0.39, 0.29) is 5.13 Å². The van der Waals surface area contributed by atoms with Gasteiger partial charge in [0.2, 0.25) is 5.13 Å². The van der Waals surface area contributed by atoms with Crippen LogP contribution in [0.1, 0.15) is 10.6 Å². The topological polar surface area (TPSA) is 65.9 Å². The number of hydrogen-bond acceptors (Lipinski definition) is 5. The Morgan fingerprint density at radius 1 is 1.57 bits per heavy atom. The van der Waals surface area contributed by atoms with E-state index in [1.165, 1.54) is 13.1 Å². The number of nitriles is 1. The predicted molar refractivity (Wildman–Crippen MR) is 44.4 cm³/mol. The largest absolute Gasteiger partial charge is 0.435 e. The summed E-state index contributed by atoms with van der Waals surface area (Å²) in [6, 6.07) is 1.43. The molecule has 0 atom stereocenters. The first-order chi connectivity index (χ1) is 6.36. The zero-order valence-corrected chi connectivity index (χ0v) is 7.78. The van der Waals surface area contributed by atoms with Crippen molar-refractivity contribution in [3.05, 3.63) is 10.6 Å². The maximum absolute atomic E-state index is 12.2. The molecule has 8 heteroatoms. The molecule has 14 heavy (non-hydrogen) atoms. The van der Waals surface area contributed by atoms with Gasteiger partial charge in [0.05, 0.1) is 0 Å². The zero-order valence-electron chi connectivity index (χ0n) is 6.96. The second kappa shape index (κ2) is 3.43. The van der Waals surface area contributed by atoms with Crippen LogP contribution in [0.15, 0.2) is 0 Å². The highest BCUT2D eigenvalue weighted by atomic mass is 32.1. The monoisotopic (exact) mass is 222 g/mol. The van der Waals surface area contributed by atoms with E-state index in [2.05, 4.69) is 4.98 Å². The highest BCUT2D eigenvalue weighted by molar-refractivity contribution is 7.16. The van der Waals surface area contributed by atoms with Crippen molar-refractivity contribution < 1.29 is 13.2 Å². The second-order valence-corrected chi connectivity index (χ2v) is 3.37. The number of rotatable bonds is 1. The predicted octanol–water partition coefficient (Wildman–Crippen LogP) is 1.34. The summed E-state index contributed by atoms with van der Waals surface area (Å²) in [5, 5.41) is 9.32. The van der Waals surface area contributed by atoms with Crippen LogP contribution in [-0.2, 0) is 6.18 Å². The number of nitrogens with zero attached hydrogens (tertiary/aromatic N) is 3. The van der Waals surface area contributed by atoms with Crippen molar-refractivity contribution in [3.8, 4) is 6.07 Å². The second-order valence-electron chi connectivity index (χ2n) is 2.39. The summed E-state index contributed by atoms with van der Waals surface area (Å²) in [6.45, 7) is 0. The smallest absolute Gasteiger partial charge is 0.289 e. The van der Waals surface area contributed by atoms with Gasteiger partial charge in [-0.25, -0.2) is 10.8 Å². The van der Waals surface area contributed by atoms with Gasteiger partial charge >= 0.3 is 6.18 Å². The molecule has 1 aromatic heterocycles. The lowest BCUT2D eigenvalue weighted by atomic mass is 10.4. The number of thiazole rings is 1. The minimum Gasteiger partial charge on any atom is -0.289 e. The molecule has 0 spiro atoms. The molecule has 0 fully saturated rings. The fraction of sp³-hybridized carbons (Fsp3) is 0.333. The van der Waals surface area contributed by atoms with Gasteiger partial charge in [-0.3, -0.25) is 5.01 Å². The molecule has 2 N–H and O–H groups in total. The lowest BCUT2D eigenvalue weighted by Gasteiger charge is -2.05. The van der Waals surface area contributed by atoms with Crippen molar-refractivity contribution in [2.45, 2.75) is 6.18 Å². The van der Waals surface area contributed by atoms with E-state index in [1.54, 1.807) is 0 Å². The molecule has 0 aliphatic heterocycles. The van der Waals surface area contributed by atoms with Gasteiger partial charge in [-0.1, -0.05) is 11.3 Å². The van der Waals surface area contributed by atoms with Gasteiger partial charge in [-0.05, 0) is 0 Å². The van der Waals surface area contributed by atoms with Crippen LogP contribution < -0.4 is 10.9 Å². The zero-order chi connectivity index (χ0) is 10.9. The third-order valence-corrected chi connectivity index (χ3v) is 2.34. The van der Waals surface area contributed by atoms with Gasteiger partial charge in [0.1, 0.15) is 10.9 Å². The average Bonchev–Trinajstić information content (AvgIpc) is 2.46. The SMILES string of the molecule is CN(N)c1nc(C(F)(F)F)c(C#N)s1. The molecular formula is C6H5F3N4S. The first-order valence-electron chi connectivity index (χ1n) is 3.33. The Hall–Kier alpha value is -1.33. The van der Waals surface area contributed by atoms with Crippen LogP contribution in [0.5, 0.6) is 0 Å². The highest BCUT2D eigenvalue weighted by Gasteiger charge is 2.38. The quantitative estimate of drug-likeness (QED) is 0.575. The van der Waals surface area contributed by atoms with Gasteiger partial charge in [-0.15, -0.1) is 0 Å². The van der Waals surface area contributed by atoms with Crippen molar-refractivity contribution >= 4 is 16.5 Å². The Morgan fingerprint density at radius 2 is 2.14 bits per heavy atom. The number of hydrazine groups is 1. The molecular weight excluding hydrogens is 217 g/mol.